The molecule has 106 valence electrons. The molecule has 0 fully saturated rings. The Bertz CT molecular complexity index is 773. The van der Waals surface area contributed by atoms with Crippen molar-refractivity contribution in [1.82, 2.24) is 9.97 Å². The van der Waals surface area contributed by atoms with Crippen molar-refractivity contribution in [2.75, 3.05) is 5.75 Å². The molecule has 1 heterocycles. The average Bonchev–Trinajstić information content (AvgIpc) is 2.44. The van der Waals surface area contributed by atoms with E-state index < -0.39 is 0 Å². The fourth-order valence-corrected chi connectivity index (χ4v) is 2.78. The third-order valence-electron chi connectivity index (χ3n) is 2.81. The molecule has 6 heteroatoms. The minimum Gasteiger partial charge on any atom is -0.401 e. The molecule has 0 spiro atoms. The maximum atomic E-state index is 12.0. The van der Waals surface area contributed by atoms with Crippen LogP contribution in [0.5, 0.6) is 0 Å². The topological polar surface area (TPSA) is 92.7 Å². The number of Topliss-reactive ketones (excluding diaryl/α,β-unsaturated/α-hetero) is 1. The summed E-state index contributed by atoms with van der Waals surface area (Å²) in [6.07, 6.45) is 0. The van der Waals surface area contributed by atoms with Crippen molar-refractivity contribution in [3.05, 3.63) is 41.4 Å². The van der Waals surface area contributed by atoms with E-state index >= 15 is 0 Å². The van der Waals surface area contributed by atoms with Crippen LogP contribution in [0.4, 0.5) is 0 Å². The molecule has 1 aromatic carbocycles. The van der Waals surface area contributed by atoms with E-state index in [9.17, 15) is 4.79 Å². The van der Waals surface area contributed by atoms with Crippen molar-refractivity contribution in [1.29, 1.82) is 5.26 Å². The van der Waals surface area contributed by atoms with E-state index in [2.05, 4.69) is 9.97 Å². The summed E-state index contributed by atoms with van der Waals surface area (Å²) in [5, 5.41) is 10.6. The normalized spacial score (nSPS) is 11.9. The SMILES string of the molecule is C/C(N)=C(\C#N)C(=O)CSc1nc(C)nc2ccccc12. The highest BCUT2D eigenvalue weighted by Crippen LogP contribution is 2.25. The van der Waals surface area contributed by atoms with Gasteiger partial charge in [-0.05, 0) is 19.9 Å². The van der Waals surface area contributed by atoms with Crippen molar-refractivity contribution in [2.24, 2.45) is 5.73 Å². The average molecular weight is 298 g/mol. The predicted molar refractivity (Wildman–Crippen MR) is 82.5 cm³/mol. The highest BCUT2D eigenvalue weighted by atomic mass is 32.2. The Morgan fingerprint density at radius 2 is 2.10 bits per heavy atom. The number of carbonyl (C=O) groups is 1. The number of rotatable bonds is 4. The van der Waals surface area contributed by atoms with Crippen LogP contribution in [0.1, 0.15) is 12.7 Å². The fourth-order valence-electron chi connectivity index (χ4n) is 1.85. The molecule has 0 radical (unpaired) electrons. The summed E-state index contributed by atoms with van der Waals surface area (Å²) in [6.45, 7) is 3.36. The largest absolute Gasteiger partial charge is 0.401 e. The lowest BCUT2D eigenvalue weighted by Crippen LogP contribution is -2.10. The van der Waals surface area contributed by atoms with E-state index in [1.54, 1.807) is 6.92 Å². The molecule has 0 atom stereocenters. The van der Waals surface area contributed by atoms with Gasteiger partial charge in [0.25, 0.3) is 0 Å². The molecule has 0 saturated carbocycles. The standard InChI is InChI=1S/C15H14N4OS/c1-9(17)12(7-16)14(20)8-21-15-11-5-3-4-6-13(11)18-10(2)19-15/h3-6H,8,17H2,1-2H3/b12-9-. The van der Waals surface area contributed by atoms with E-state index in [0.29, 0.717) is 5.82 Å². The lowest BCUT2D eigenvalue weighted by Gasteiger charge is -2.06. The molecular formula is C15H14N4OS. The van der Waals surface area contributed by atoms with Crippen LogP contribution in [0.15, 0.2) is 40.6 Å². The van der Waals surface area contributed by atoms with Crippen molar-refractivity contribution in [2.45, 2.75) is 18.9 Å². The van der Waals surface area contributed by atoms with Crippen LogP contribution in [0.3, 0.4) is 0 Å². The van der Waals surface area contributed by atoms with Crippen LogP contribution in [-0.4, -0.2) is 21.5 Å². The molecular weight excluding hydrogens is 284 g/mol. The van der Waals surface area contributed by atoms with Crippen LogP contribution < -0.4 is 5.73 Å². The number of aromatic nitrogens is 2. The second-order valence-electron chi connectivity index (χ2n) is 4.47. The second kappa shape index (κ2) is 6.37. The molecule has 0 saturated heterocycles. The number of carbonyl (C=O) groups excluding carboxylic acids is 1. The van der Waals surface area contributed by atoms with Gasteiger partial charge in [-0.25, -0.2) is 9.97 Å². The highest BCUT2D eigenvalue weighted by molar-refractivity contribution is 8.00. The van der Waals surface area contributed by atoms with E-state index in [0.717, 1.165) is 15.9 Å². The van der Waals surface area contributed by atoms with Crippen molar-refractivity contribution >= 4 is 28.4 Å². The summed E-state index contributed by atoms with van der Waals surface area (Å²) >= 11 is 1.29. The molecule has 21 heavy (non-hydrogen) atoms. The first-order valence-electron chi connectivity index (χ1n) is 6.28. The molecule has 2 rings (SSSR count). The number of para-hydroxylation sites is 1. The number of benzene rings is 1. The predicted octanol–water partition coefficient (Wildman–Crippen LogP) is 2.36. The molecule has 2 N–H and O–H groups in total. The van der Waals surface area contributed by atoms with Gasteiger partial charge in [-0.15, -0.1) is 0 Å². The number of hydrogen-bond acceptors (Lipinski definition) is 6. The van der Waals surface area contributed by atoms with Gasteiger partial charge in [0.1, 0.15) is 22.5 Å². The Hall–Kier alpha value is -2.39. The summed E-state index contributed by atoms with van der Waals surface area (Å²) in [5.41, 5.74) is 6.63. The van der Waals surface area contributed by atoms with E-state index in [1.807, 2.05) is 37.3 Å². The van der Waals surface area contributed by atoms with Gasteiger partial charge in [0.05, 0.1) is 11.3 Å². The maximum absolute atomic E-state index is 12.0. The zero-order chi connectivity index (χ0) is 15.4. The quantitative estimate of drug-likeness (QED) is 0.403. The number of aryl methyl sites for hydroxylation is 1. The lowest BCUT2D eigenvalue weighted by molar-refractivity contribution is -0.112. The number of fused-ring (bicyclic) bond motifs is 1. The van der Waals surface area contributed by atoms with Gasteiger partial charge in [0.2, 0.25) is 0 Å². The second-order valence-corrected chi connectivity index (χ2v) is 5.44. The number of nitriles is 1. The molecule has 1 aromatic heterocycles. The fraction of sp³-hybridized carbons (Fsp3) is 0.200. The first-order chi connectivity index (χ1) is 10.0. The van der Waals surface area contributed by atoms with E-state index in [1.165, 1.54) is 11.8 Å². The van der Waals surface area contributed by atoms with Gasteiger partial charge in [-0.1, -0.05) is 30.0 Å². The lowest BCUT2D eigenvalue weighted by atomic mass is 10.2. The number of ketones is 1. The van der Waals surface area contributed by atoms with Gasteiger partial charge < -0.3 is 5.73 Å². The number of nitrogens with zero attached hydrogens (tertiary/aromatic N) is 3. The minimum absolute atomic E-state index is 0.0117. The number of allylic oxidation sites excluding steroid dienone is 2. The van der Waals surface area contributed by atoms with E-state index in [-0.39, 0.29) is 22.8 Å². The Kier molecular flexibility index (Phi) is 4.55. The Balaban J connectivity index is 2.28. The summed E-state index contributed by atoms with van der Waals surface area (Å²) < 4.78 is 0. The molecule has 0 aliphatic heterocycles. The smallest absolute Gasteiger partial charge is 0.185 e. The first-order valence-corrected chi connectivity index (χ1v) is 7.27. The van der Waals surface area contributed by atoms with Crippen molar-refractivity contribution in [3.63, 3.8) is 0 Å². The van der Waals surface area contributed by atoms with Crippen LogP contribution in [0, 0.1) is 18.3 Å². The van der Waals surface area contributed by atoms with Gasteiger partial charge in [-0.3, -0.25) is 4.79 Å². The van der Waals surface area contributed by atoms with Crippen LogP contribution in [-0.2, 0) is 4.79 Å². The maximum Gasteiger partial charge on any atom is 0.185 e. The van der Waals surface area contributed by atoms with Crippen LogP contribution in [0.2, 0.25) is 0 Å². The number of hydrogen-bond donors (Lipinski definition) is 1. The molecule has 0 unspecified atom stereocenters. The Morgan fingerprint density at radius 3 is 2.76 bits per heavy atom. The summed E-state index contributed by atoms with van der Waals surface area (Å²) in [4.78, 5) is 20.7. The molecule has 0 bridgehead atoms. The third-order valence-corrected chi connectivity index (χ3v) is 3.80. The van der Waals surface area contributed by atoms with Crippen molar-refractivity contribution in [3.8, 4) is 6.07 Å². The summed E-state index contributed by atoms with van der Waals surface area (Å²) in [5.74, 6) is 0.482. The summed E-state index contributed by atoms with van der Waals surface area (Å²) in [7, 11) is 0. The van der Waals surface area contributed by atoms with Gasteiger partial charge >= 0.3 is 0 Å². The van der Waals surface area contributed by atoms with E-state index in [4.69, 9.17) is 11.0 Å². The number of thioether (sulfide) groups is 1. The molecule has 0 aliphatic carbocycles. The van der Waals surface area contributed by atoms with Gasteiger partial charge in [-0.2, -0.15) is 5.26 Å². The first kappa shape index (κ1) is 15.0. The Labute approximate surface area is 126 Å². The minimum atomic E-state index is -0.289. The molecule has 0 aliphatic rings. The van der Waals surface area contributed by atoms with Gasteiger partial charge in [0, 0.05) is 11.1 Å². The third kappa shape index (κ3) is 3.38. The monoisotopic (exact) mass is 298 g/mol. The van der Waals surface area contributed by atoms with Crippen molar-refractivity contribution < 1.29 is 4.79 Å². The van der Waals surface area contributed by atoms with Crippen LogP contribution >= 0.6 is 11.8 Å². The molecule has 0 amide bonds. The van der Waals surface area contributed by atoms with Gasteiger partial charge in [0.15, 0.2) is 5.78 Å². The zero-order valence-electron chi connectivity index (χ0n) is 11.8. The zero-order valence-corrected chi connectivity index (χ0v) is 12.6. The molecule has 5 nitrogen and oxygen atoms in total. The molecule has 2 aromatic rings. The Morgan fingerprint density at radius 1 is 1.38 bits per heavy atom. The highest BCUT2D eigenvalue weighted by Gasteiger charge is 2.14. The van der Waals surface area contributed by atoms with Crippen LogP contribution in [0.25, 0.3) is 10.9 Å². The number of nitrogens with two attached hydrogens (primary N) is 1. The summed E-state index contributed by atoms with van der Waals surface area (Å²) in [6, 6.07) is 9.47.